The second kappa shape index (κ2) is 3.77. The van der Waals surface area contributed by atoms with Crippen LogP contribution < -0.4 is 0 Å². The van der Waals surface area contributed by atoms with Crippen LogP contribution in [0.2, 0.25) is 0 Å². The van der Waals surface area contributed by atoms with Gasteiger partial charge in [-0.3, -0.25) is 0 Å². The number of alkyl halides is 2. The smallest absolute Gasteiger partial charge is 0.237 e. The van der Waals surface area contributed by atoms with E-state index in [0.717, 1.165) is 0 Å². The number of hydrogen-bond donors (Lipinski definition) is 0. The van der Waals surface area contributed by atoms with E-state index in [4.69, 9.17) is 0 Å². The number of hydrogen-bond acceptors (Lipinski definition) is 1. The van der Waals surface area contributed by atoms with E-state index in [2.05, 4.69) is 4.74 Å². The molecule has 3 heteroatoms. The van der Waals surface area contributed by atoms with Gasteiger partial charge in [-0.05, 0) is 0 Å². The zero-order chi connectivity index (χ0) is 7.33. The Morgan fingerprint density at radius 3 is 2.22 bits per heavy atom. The highest BCUT2D eigenvalue weighted by Gasteiger charge is 2.27. The molecular weight excluding hydrogens is 126 g/mol. The third-order valence-corrected chi connectivity index (χ3v) is 1.19. The zero-order valence-electron chi connectivity index (χ0n) is 5.79. The summed E-state index contributed by atoms with van der Waals surface area (Å²) in [7, 11) is 1.18. The van der Waals surface area contributed by atoms with Gasteiger partial charge in [-0.1, -0.05) is 13.3 Å². The van der Waals surface area contributed by atoms with Crippen molar-refractivity contribution in [1.29, 1.82) is 0 Å². The van der Waals surface area contributed by atoms with E-state index in [-0.39, 0.29) is 6.42 Å². The van der Waals surface area contributed by atoms with Crippen molar-refractivity contribution >= 4 is 0 Å². The third-order valence-electron chi connectivity index (χ3n) is 1.19. The summed E-state index contributed by atoms with van der Waals surface area (Å²) in [5, 5.41) is 0. The van der Waals surface area contributed by atoms with E-state index in [1.807, 2.05) is 0 Å². The lowest BCUT2D eigenvalue weighted by molar-refractivity contribution is -0.139. The molecule has 0 rings (SSSR count). The molecule has 1 atom stereocenters. The van der Waals surface area contributed by atoms with Crippen LogP contribution in [0, 0.1) is 0 Å². The van der Waals surface area contributed by atoms with Gasteiger partial charge >= 0.3 is 0 Å². The quantitative estimate of drug-likeness (QED) is 0.577. The first kappa shape index (κ1) is 8.82. The van der Waals surface area contributed by atoms with Crippen molar-refractivity contribution in [3.63, 3.8) is 0 Å². The summed E-state index contributed by atoms with van der Waals surface area (Å²) in [6, 6.07) is 0. The molecule has 0 fully saturated rings. The van der Waals surface area contributed by atoms with Crippen LogP contribution in [0.1, 0.15) is 19.8 Å². The molecule has 0 bridgehead atoms. The standard InChI is InChI=1S/C6H12F2O/c1-3-4-6(8,5-7)9-2/h3-5H2,1-2H3. The molecule has 0 aromatic carbocycles. The van der Waals surface area contributed by atoms with Crippen molar-refractivity contribution in [2.75, 3.05) is 13.8 Å². The maximum atomic E-state index is 12.7. The van der Waals surface area contributed by atoms with Gasteiger partial charge in [0.15, 0.2) is 0 Å². The van der Waals surface area contributed by atoms with Gasteiger partial charge < -0.3 is 4.74 Å². The molecule has 0 spiro atoms. The molecule has 0 aliphatic heterocycles. The Morgan fingerprint density at radius 2 is 2.11 bits per heavy atom. The van der Waals surface area contributed by atoms with Crippen LogP contribution in [-0.4, -0.2) is 19.6 Å². The summed E-state index contributed by atoms with van der Waals surface area (Å²) < 4.78 is 28.7. The monoisotopic (exact) mass is 138 g/mol. The van der Waals surface area contributed by atoms with Crippen LogP contribution >= 0.6 is 0 Å². The molecule has 56 valence electrons. The molecule has 0 radical (unpaired) electrons. The highest BCUT2D eigenvalue weighted by Crippen LogP contribution is 2.18. The van der Waals surface area contributed by atoms with E-state index in [1.54, 1.807) is 6.92 Å². The van der Waals surface area contributed by atoms with Crippen molar-refractivity contribution in [2.45, 2.75) is 25.6 Å². The molecule has 0 heterocycles. The van der Waals surface area contributed by atoms with Crippen LogP contribution in [0.15, 0.2) is 0 Å². The number of methoxy groups -OCH3 is 1. The van der Waals surface area contributed by atoms with Crippen molar-refractivity contribution in [3.05, 3.63) is 0 Å². The first-order chi connectivity index (χ1) is 4.18. The SMILES string of the molecule is CCCC(F)(CF)OC. The van der Waals surface area contributed by atoms with Crippen molar-refractivity contribution in [3.8, 4) is 0 Å². The summed E-state index contributed by atoms with van der Waals surface area (Å²) in [5.41, 5.74) is 0. The minimum atomic E-state index is -2.03. The lowest BCUT2D eigenvalue weighted by atomic mass is 10.2. The highest BCUT2D eigenvalue weighted by molar-refractivity contribution is 4.63. The Balaban J connectivity index is 3.62. The van der Waals surface area contributed by atoms with E-state index in [1.165, 1.54) is 7.11 Å². The van der Waals surface area contributed by atoms with Crippen LogP contribution in [-0.2, 0) is 4.74 Å². The van der Waals surface area contributed by atoms with Gasteiger partial charge in [0.05, 0.1) is 0 Å². The average molecular weight is 138 g/mol. The van der Waals surface area contributed by atoms with Gasteiger partial charge in [0, 0.05) is 13.5 Å². The minimum Gasteiger partial charge on any atom is -0.347 e. The fraction of sp³-hybridized carbons (Fsp3) is 1.00. The summed E-state index contributed by atoms with van der Waals surface area (Å²) in [6.45, 7) is 0.723. The zero-order valence-corrected chi connectivity index (χ0v) is 5.79. The number of rotatable bonds is 4. The van der Waals surface area contributed by atoms with E-state index in [9.17, 15) is 8.78 Å². The Kier molecular flexibility index (Phi) is 3.70. The van der Waals surface area contributed by atoms with Gasteiger partial charge in [-0.2, -0.15) is 0 Å². The fourth-order valence-electron chi connectivity index (χ4n) is 0.597. The van der Waals surface area contributed by atoms with Crippen molar-refractivity contribution in [1.82, 2.24) is 0 Å². The molecule has 0 saturated heterocycles. The number of ether oxygens (including phenoxy) is 1. The second-order valence-corrected chi connectivity index (χ2v) is 1.97. The normalized spacial score (nSPS) is 17.3. The largest absolute Gasteiger partial charge is 0.347 e. The molecule has 0 aliphatic rings. The molecule has 0 N–H and O–H groups in total. The summed E-state index contributed by atoms with van der Waals surface area (Å²) >= 11 is 0. The van der Waals surface area contributed by atoms with E-state index in [0.29, 0.717) is 6.42 Å². The predicted molar refractivity (Wildman–Crippen MR) is 31.7 cm³/mol. The van der Waals surface area contributed by atoms with Gasteiger partial charge in [0.25, 0.3) is 0 Å². The summed E-state index contributed by atoms with van der Waals surface area (Å²) in [5.74, 6) is -2.03. The topological polar surface area (TPSA) is 9.23 Å². The van der Waals surface area contributed by atoms with E-state index >= 15 is 0 Å². The fourth-order valence-corrected chi connectivity index (χ4v) is 0.597. The van der Waals surface area contributed by atoms with Crippen LogP contribution in [0.25, 0.3) is 0 Å². The van der Waals surface area contributed by atoms with Gasteiger partial charge in [0.2, 0.25) is 5.85 Å². The minimum absolute atomic E-state index is 0.125. The molecule has 0 saturated carbocycles. The highest BCUT2D eigenvalue weighted by atomic mass is 19.2. The van der Waals surface area contributed by atoms with Crippen LogP contribution in [0.5, 0.6) is 0 Å². The first-order valence-corrected chi connectivity index (χ1v) is 2.98. The van der Waals surface area contributed by atoms with Crippen LogP contribution in [0.3, 0.4) is 0 Å². The maximum absolute atomic E-state index is 12.7. The molecule has 0 aromatic heterocycles. The molecule has 9 heavy (non-hydrogen) atoms. The Morgan fingerprint density at radius 1 is 1.56 bits per heavy atom. The van der Waals surface area contributed by atoms with Crippen molar-refractivity contribution in [2.24, 2.45) is 0 Å². The predicted octanol–water partition coefficient (Wildman–Crippen LogP) is 2.07. The molecule has 1 nitrogen and oxygen atoms in total. The van der Waals surface area contributed by atoms with Gasteiger partial charge in [-0.15, -0.1) is 0 Å². The molecule has 0 aliphatic carbocycles. The summed E-state index contributed by atoms with van der Waals surface area (Å²) in [6.07, 6.45) is 0.717. The maximum Gasteiger partial charge on any atom is 0.237 e. The molecule has 1 unspecified atom stereocenters. The Hall–Kier alpha value is -0.180. The second-order valence-electron chi connectivity index (χ2n) is 1.97. The molecule has 0 amide bonds. The van der Waals surface area contributed by atoms with Crippen LogP contribution in [0.4, 0.5) is 8.78 Å². The Labute approximate surface area is 54.0 Å². The number of halogens is 2. The lowest BCUT2D eigenvalue weighted by Crippen LogP contribution is -2.27. The summed E-state index contributed by atoms with van der Waals surface area (Å²) in [4.78, 5) is 0. The third kappa shape index (κ3) is 2.75. The molecule has 0 aromatic rings. The lowest BCUT2D eigenvalue weighted by Gasteiger charge is -2.18. The Bertz CT molecular complexity index is 71.5. The van der Waals surface area contributed by atoms with Gasteiger partial charge in [-0.25, -0.2) is 8.78 Å². The average Bonchev–Trinajstić information content (AvgIpc) is 1.89. The van der Waals surface area contributed by atoms with E-state index < -0.39 is 12.5 Å². The molecular formula is C6H12F2O. The van der Waals surface area contributed by atoms with Gasteiger partial charge in [0.1, 0.15) is 6.67 Å². The first-order valence-electron chi connectivity index (χ1n) is 2.98. The van der Waals surface area contributed by atoms with Crippen molar-refractivity contribution < 1.29 is 13.5 Å².